The Hall–Kier alpha value is -3.81. The van der Waals surface area contributed by atoms with E-state index in [0.717, 1.165) is 6.42 Å². The van der Waals surface area contributed by atoms with E-state index in [4.69, 9.17) is 9.47 Å². The summed E-state index contributed by atoms with van der Waals surface area (Å²) in [6.07, 6.45) is 0.842. The fourth-order valence-corrected chi connectivity index (χ4v) is 2.79. The summed E-state index contributed by atoms with van der Waals surface area (Å²) in [6.45, 7) is 2.52. The fraction of sp³-hybridized carbons (Fsp3) is 0.190. The monoisotopic (exact) mass is 395 g/mol. The number of aromatic amines is 1. The van der Waals surface area contributed by atoms with Gasteiger partial charge in [-0.05, 0) is 30.7 Å². The molecule has 3 rings (SSSR count). The minimum absolute atomic E-state index is 0.158. The zero-order valence-corrected chi connectivity index (χ0v) is 16.1. The quantitative estimate of drug-likeness (QED) is 0.555. The molecular weight excluding hydrogens is 374 g/mol. The third kappa shape index (κ3) is 4.55. The van der Waals surface area contributed by atoms with Crippen LogP contribution in [0, 0.1) is 0 Å². The summed E-state index contributed by atoms with van der Waals surface area (Å²) in [6, 6.07) is 12.8. The lowest BCUT2D eigenvalue weighted by Crippen LogP contribution is -2.42. The molecule has 0 bridgehead atoms. The van der Waals surface area contributed by atoms with E-state index in [1.807, 2.05) is 6.92 Å². The van der Waals surface area contributed by atoms with Gasteiger partial charge in [0, 0.05) is 22.5 Å². The summed E-state index contributed by atoms with van der Waals surface area (Å²) in [7, 11) is 1.48. The number of hydrogen-bond donors (Lipinski definition) is 3. The number of methoxy groups -OCH3 is 1. The highest BCUT2D eigenvalue weighted by Gasteiger charge is 2.15. The summed E-state index contributed by atoms with van der Waals surface area (Å²) in [5, 5.41) is 0.568. The molecule has 150 valence electrons. The highest BCUT2D eigenvalue weighted by Crippen LogP contribution is 2.28. The molecule has 1 heterocycles. The van der Waals surface area contributed by atoms with Crippen LogP contribution in [-0.2, 0) is 0 Å². The molecule has 0 aliphatic carbocycles. The van der Waals surface area contributed by atoms with Crippen molar-refractivity contribution in [1.29, 1.82) is 0 Å². The number of benzene rings is 2. The van der Waals surface area contributed by atoms with E-state index >= 15 is 0 Å². The first kappa shape index (κ1) is 19.9. The number of nitrogens with one attached hydrogen (secondary N) is 3. The van der Waals surface area contributed by atoms with Gasteiger partial charge in [-0.2, -0.15) is 0 Å². The normalized spacial score (nSPS) is 10.4. The largest absolute Gasteiger partial charge is 0.493 e. The average molecular weight is 395 g/mol. The molecular formula is C21H21N3O5. The van der Waals surface area contributed by atoms with Gasteiger partial charge in [0.1, 0.15) is 0 Å². The van der Waals surface area contributed by atoms with Crippen molar-refractivity contribution in [2.24, 2.45) is 0 Å². The lowest BCUT2D eigenvalue weighted by atomic mass is 10.1. The first-order valence-corrected chi connectivity index (χ1v) is 9.07. The van der Waals surface area contributed by atoms with Crippen molar-refractivity contribution in [1.82, 2.24) is 15.8 Å². The van der Waals surface area contributed by atoms with Crippen LogP contribution >= 0.6 is 0 Å². The number of carbonyl (C=O) groups excluding carboxylic acids is 2. The third-order valence-electron chi connectivity index (χ3n) is 4.17. The first-order valence-electron chi connectivity index (χ1n) is 9.07. The minimum atomic E-state index is -0.601. The van der Waals surface area contributed by atoms with E-state index in [0.29, 0.717) is 29.0 Å². The first-order chi connectivity index (χ1) is 14.0. The lowest BCUT2D eigenvalue weighted by molar-refractivity contribution is 0.0847. The van der Waals surface area contributed by atoms with Gasteiger partial charge in [-0.15, -0.1) is 0 Å². The number of hydrazine groups is 1. The zero-order valence-electron chi connectivity index (χ0n) is 16.1. The number of hydrogen-bond acceptors (Lipinski definition) is 5. The number of pyridine rings is 1. The summed E-state index contributed by atoms with van der Waals surface area (Å²) >= 11 is 0. The number of amides is 2. The van der Waals surface area contributed by atoms with Crippen LogP contribution < -0.4 is 25.9 Å². The SMILES string of the molecule is CCCOc1ccc(C(=O)NNC(=O)c2cc(=O)[nH]c3ccccc23)cc1OC. The molecule has 0 aliphatic rings. The Kier molecular flexibility index (Phi) is 6.13. The standard InChI is InChI=1S/C21H21N3O5/c1-3-10-29-17-9-8-13(11-18(17)28-2)20(26)23-24-21(27)15-12-19(25)22-16-7-5-4-6-14(15)16/h4-9,11-12H,3,10H2,1-2H3,(H,22,25)(H,23,26)(H,24,27). The van der Waals surface area contributed by atoms with E-state index in [9.17, 15) is 14.4 Å². The Bertz CT molecular complexity index is 1110. The van der Waals surface area contributed by atoms with E-state index in [1.54, 1.807) is 36.4 Å². The molecule has 0 radical (unpaired) electrons. The van der Waals surface area contributed by atoms with E-state index in [-0.39, 0.29) is 11.1 Å². The Labute approximate surface area is 166 Å². The second-order valence-electron chi connectivity index (χ2n) is 6.22. The number of rotatable bonds is 6. The van der Waals surface area contributed by atoms with Crippen LogP contribution in [0.25, 0.3) is 10.9 Å². The van der Waals surface area contributed by atoms with Crippen molar-refractivity contribution in [3.63, 3.8) is 0 Å². The van der Waals surface area contributed by atoms with Crippen molar-refractivity contribution in [3.8, 4) is 11.5 Å². The van der Waals surface area contributed by atoms with Crippen LogP contribution in [0.4, 0.5) is 0 Å². The van der Waals surface area contributed by atoms with Crippen molar-refractivity contribution >= 4 is 22.7 Å². The van der Waals surface area contributed by atoms with E-state index in [1.165, 1.54) is 19.2 Å². The van der Waals surface area contributed by atoms with Crippen molar-refractivity contribution in [3.05, 3.63) is 70.0 Å². The molecule has 0 aliphatic heterocycles. The van der Waals surface area contributed by atoms with Gasteiger partial charge >= 0.3 is 0 Å². The molecule has 3 N–H and O–H groups in total. The zero-order chi connectivity index (χ0) is 20.8. The van der Waals surface area contributed by atoms with Gasteiger partial charge in [0.2, 0.25) is 5.56 Å². The van der Waals surface area contributed by atoms with Gasteiger partial charge in [0.25, 0.3) is 11.8 Å². The van der Waals surface area contributed by atoms with Crippen LogP contribution in [0.1, 0.15) is 34.1 Å². The Morgan fingerprint density at radius 1 is 1.00 bits per heavy atom. The predicted molar refractivity (Wildman–Crippen MR) is 108 cm³/mol. The molecule has 2 aromatic carbocycles. The van der Waals surface area contributed by atoms with Crippen molar-refractivity contribution < 1.29 is 19.1 Å². The molecule has 8 heteroatoms. The number of H-pyrrole nitrogens is 1. The van der Waals surface area contributed by atoms with Gasteiger partial charge in [0.05, 0.1) is 19.3 Å². The fourth-order valence-electron chi connectivity index (χ4n) is 2.79. The van der Waals surface area contributed by atoms with Crippen LogP contribution in [0.5, 0.6) is 11.5 Å². The molecule has 0 atom stereocenters. The molecule has 3 aromatic rings. The van der Waals surface area contributed by atoms with Gasteiger partial charge in [0.15, 0.2) is 11.5 Å². The van der Waals surface area contributed by atoms with Gasteiger partial charge in [-0.1, -0.05) is 25.1 Å². The summed E-state index contributed by atoms with van der Waals surface area (Å²) in [5.41, 5.74) is 5.25. The third-order valence-corrected chi connectivity index (χ3v) is 4.17. The second-order valence-corrected chi connectivity index (χ2v) is 6.22. The lowest BCUT2D eigenvalue weighted by Gasteiger charge is -2.12. The molecule has 2 amide bonds. The molecule has 0 saturated carbocycles. The predicted octanol–water partition coefficient (Wildman–Crippen LogP) is 2.40. The highest BCUT2D eigenvalue weighted by molar-refractivity contribution is 6.07. The Morgan fingerprint density at radius 3 is 2.52 bits per heavy atom. The number of fused-ring (bicyclic) bond motifs is 1. The summed E-state index contributed by atoms with van der Waals surface area (Å²) < 4.78 is 10.8. The molecule has 1 aromatic heterocycles. The number of carbonyl (C=O) groups is 2. The summed E-state index contributed by atoms with van der Waals surface area (Å²) in [4.78, 5) is 39.4. The molecule has 8 nitrogen and oxygen atoms in total. The van der Waals surface area contributed by atoms with E-state index < -0.39 is 17.4 Å². The number of ether oxygens (including phenoxy) is 2. The van der Waals surface area contributed by atoms with Gasteiger partial charge < -0.3 is 14.5 Å². The molecule has 0 unspecified atom stereocenters. The Morgan fingerprint density at radius 2 is 1.76 bits per heavy atom. The van der Waals surface area contributed by atoms with Crippen LogP contribution in [0.3, 0.4) is 0 Å². The Balaban J connectivity index is 1.74. The van der Waals surface area contributed by atoms with Crippen LogP contribution in [0.2, 0.25) is 0 Å². The smallest absolute Gasteiger partial charge is 0.270 e. The average Bonchev–Trinajstić information content (AvgIpc) is 2.74. The van der Waals surface area contributed by atoms with Crippen molar-refractivity contribution in [2.75, 3.05) is 13.7 Å². The van der Waals surface area contributed by atoms with Gasteiger partial charge in [-0.25, -0.2) is 0 Å². The molecule has 0 saturated heterocycles. The topological polar surface area (TPSA) is 110 Å². The number of aromatic nitrogens is 1. The van der Waals surface area contributed by atoms with Crippen LogP contribution in [-0.4, -0.2) is 30.5 Å². The second kappa shape index (κ2) is 8.92. The van der Waals surface area contributed by atoms with Gasteiger partial charge in [-0.3, -0.25) is 25.2 Å². The molecule has 0 spiro atoms. The maximum Gasteiger partial charge on any atom is 0.270 e. The highest BCUT2D eigenvalue weighted by atomic mass is 16.5. The van der Waals surface area contributed by atoms with E-state index in [2.05, 4.69) is 15.8 Å². The van der Waals surface area contributed by atoms with Crippen molar-refractivity contribution in [2.45, 2.75) is 13.3 Å². The summed E-state index contributed by atoms with van der Waals surface area (Å²) in [5.74, 6) is -0.189. The molecule has 29 heavy (non-hydrogen) atoms. The maximum atomic E-state index is 12.5. The molecule has 0 fully saturated rings. The van der Waals surface area contributed by atoms with Crippen LogP contribution in [0.15, 0.2) is 53.3 Å². The maximum absolute atomic E-state index is 12.5. The minimum Gasteiger partial charge on any atom is -0.493 e. The number of para-hydroxylation sites is 1.